The van der Waals surface area contributed by atoms with E-state index >= 15 is 0 Å². The molecule has 1 rings (SSSR count). The quantitative estimate of drug-likeness (QED) is 0.455. The minimum absolute atomic E-state index is 0. The Hall–Kier alpha value is -0.940. The summed E-state index contributed by atoms with van der Waals surface area (Å²) in [6, 6.07) is 3.78. The van der Waals surface area contributed by atoms with Crippen LogP contribution < -0.4 is 21.5 Å². The number of hydrogen-bond donors (Lipinski definition) is 1. The zero-order valence-corrected chi connectivity index (χ0v) is 14.7. The van der Waals surface area contributed by atoms with Gasteiger partial charge in [-0.2, -0.15) is 0 Å². The van der Waals surface area contributed by atoms with Gasteiger partial charge in [-0.3, -0.25) is 4.79 Å². The van der Waals surface area contributed by atoms with Gasteiger partial charge in [-0.1, -0.05) is 19.3 Å². The molecule has 1 aromatic heterocycles. The van der Waals surface area contributed by atoms with Crippen LogP contribution in [0.2, 0.25) is 0 Å². The van der Waals surface area contributed by atoms with Crippen molar-refractivity contribution in [3.63, 3.8) is 0 Å². The lowest BCUT2D eigenvalue weighted by Crippen LogP contribution is -3.00. The third-order valence-corrected chi connectivity index (χ3v) is 3.34. The highest BCUT2D eigenvalue weighted by atomic mass is 79.9. The maximum absolute atomic E-state index is 11.9. The van der Waals surface area contributed by atoms with Crippen LogP contribution in [0.25, 0.3) is 0 Å². The summed E-state index contributed by atoms with van der Waals surface area (Å²) in [5.74, 6) is 0.0448. The van der Waals surface area contributed by atoms with Gasteiger partial charge in [-0.25, -0.2) is 4.57 Å². The molecule has 1 N–H and O–H groups in total. The molecule has 0 saturated carbocycles. The van der Waals surface area contributed by atoms with E-state index in [1.807, 2.05) is 24.5 Å². The van der Waals surface area contributed by atoms with E-state index in [-0.39, 0.29) is 22.9 Å². The molecule has 0 atom stereocenters. The van der Waals surface area contributed by atoms with E-state index in [0.29, 0.717) is 6.61 Å². The van der Waals surface area contributed by atoms with Crippen LogP contribution in [0, 0.1) is 0 Å². The normalized spacial score (nSPS) is 10.0. The van der Waals surface area contributed by atoms with Crippen LogP contribution in [0.3, 0.4) is 0 Å². The van der Waals surface area contributed by atoms with Crippen molar-refractivity contribution >= 4 is 5.91 Å². The molecule has 0 saturated heterocycles. The van der Waals surface area contributed by atoms with E-state index in [0.717, 1.165) is 31.4 Å². The number of aromatic nitrogens is 1. The number of hydrogen-bond acceptors (Lipinski definition) is 2. The Morgan fingerprint density at radius 1 is 1.14 bits per heavy atom. The van der Waals surface area contributed by atoms with Crippen LogP contribution >= 0.6 is 0 Å². The van der Waals surface area contributed by atoms with E-state index < -0.39 is 0 Å². The third-order valence-electron chi connectivity index (χ3n) is 3.34. The molecule has 0 unspecified atom stereocenters. The lowest BCUT2D eigenvalue weighted by Gasteiger charge is -2.08. The summed E-state index contributed by atoms with van der Waals surface area (Å²) in [5, 5.41) is 8.69. The van der Waals surface area contributed by atoms with Crippen LogP contribution in [-0.2, 0) is 6.54 Å². The SMILES string of the molecule is CN(C)C(=O)c1ccc[n+](CCCCCCCCO)c1.[Br-]. The fourth-order valence-corrected chi connectivity index (χ4v) is 2.16. The van der Waals surface area contributed by atoms with Crippen molar-refractivity contribution in [3.8, 4) is 0 Å². The Labute approximate surface area is 138 Å². The molecular weight excluding hydrogens is 332 g/mol. The summed E-state index contributed by atoms with van der Waals surface area (Å²) in [4.78, 5) is 13.5. The lowest BCUT2D eigenvalue weighted by atomic mass is 10.1. The van der Waals surface area contributed by atoms with Crippen molar-refractivity contribution in [2.75, 3.05) is 20.7 Å². The Bertz CT molecular complexity index is 411. The molecule has 0 aliphatic heterocycles. The summed E-state index contributed by atoms with van der Waals surface area (Å²) in [6.45, 7) is 1.26. The fourth-order valence-electron chi connectivity index (χ4n) is 2.16. The molecule has 0 aliphatic carbocycles. The largest absolute Gasteiger partial charge is 1.00 e. The van der Waals surface area contributed by atoms with E-state index in [4.69, 9.17) is 5.11 Å². The predicted molar refractivity (Wildman–Crippen MR) is 79.4 cm³/mol. The second kappa shape index (κ2) is 11.7. The predicted octanol–water partition coefficient (Wildman–Crippen LogP) is -0.987. The lowest BCUT2D eigenvalue weighted by molar-refractivity contribution is -0.697. The van der Waals surface area contributed by atoms with Crippen LogP contribution in [0.15, 0.2) is 24.5 Å². The van der Waals surface area contributed by atoms with Gasteiger partial charge in [0.2, 0.25) is 0 Å². The first-order valence-electron chi connectivity index (χ1n) is 7.47. The maximum atomic E-state index is 11.9. The summed E-state index contributed by atoms with van der Waals surface area (Å²) >= 11 is 0. The van der Waals surface area contributed by atoms with Crippen LogP contribution in [-0.4, -0.2) is 36.6 Å². The highest BCUT2D eigenvalue weighted by molar-refractivity contribution is 5.93. The number of halogens is 1. The molecule has 21 heavy (non-hydrogen) atoms. The number of aryl methyl sites for hydroxylation is 1. The average Bonchev–Trinajstić information content (AvgIpc) is 2.45. The molecule has 0 fully saturated rings. The van der Waals surface area contributed by atoms with Crippen LogP contribution in [0.1, 0.15) is 48.9 Å². The first kappa shape index (κ1) is 20.1. The number of amides is 1. The standard InChI is InChI=1S/C16H27N2O2.BrH/c1-17(2)16(20)15-10-9-12-18(14-15)11-7-5-3-4-6-8-13-19;/h9-10,12,14,19H,3-8,11,13H2,1-2H3;1H/q+1;/p-1. The molecule has 0 bridgehead atoms. The molecule has 1 heterocycles. The zero-order chi connectivity index (χ0) is 14.8. The topological polar surface area (TPSA) is 44.4 Å². The van der Waals surface area contributed by atoms with Gasteiger partial charge in [-0.05, 0) is 18.9 Å². The molecule has 0 aromatic carbocycles. The van der Waals surface area contributed by atoms with Gasteiger partial charge in [0.15, 0.2) is 12.4 Å². The van der Waals surface area contributed by atoms with E-state index in [9.17, 15) is 4.79 Å². The first-order valence-corrected chi connectivity index (χ1v) is 7.47. The summed E-state index contributed by atoms with van der Waals surface area (Å²) < 4.78 is 2.09. The Kier molecular flexibility index (Phi) is 11.2. The van der Waals surface area contributed by atoms with Crippen molar-refractivity contribution < 1.29 is 31.4 Å². The van der Waals surface area contributed by atoms with Gasteiger partial charge >= 0.3 is 0 Å². The molecule has 4 nitrogen and oxygen atoms in total. The second-order valence-corrected chi connectivity index (χ2v) is 5.37. The number of unbranched alkanes of at least 4 members (excludes halogenated alkanes) is 5. The first-order chi connectivity index (χ1) is 9.65. The van der Waals surface area contributed by atoms with Crippen LogP contribution in [0.4, 0.5) is 0 Å². The van der Waals surface area contributed by atoms with E-state index in [2.05, 4.69) is 4.57 Å². The fraction of sp³-hybridized carbons (Fsp3) is 0.625. The van der Waals surface area contributed by atoms with Gasteiger partial charge in [0, 0.05) is 33.2 Å². The van der Waals surface area contributed by atoms with Gasteiger partial charge in [0.25, 0.3) is 5.91 Å². The molecule has 120 valence electrons. The Morgan fingerprint density at radius 2 is 1.76 bits per heavy atom. The summed E-state index contributed by atoms with van der Waals surface area (Å²) in [7, 11) is 3.54. The molecule has 0 radical (unpaired) electrons. The highest BCUT2D eigenvalue weighted by Gasteiger charge is 2.11. The van der Waals surface area contributed by atoms with Crippen molar-refractivity contribution in [2.24, 2.45) is 0 Å². The zero-order valence-electron chi connectivity index (χ0n) is 13.1. The molecule has 0 aliphatic rings. The molecule has 5 heteroatoms. The minimum Gasteiger partial charge on any atom is -1.00 e. The molecular formula is C16H27BrN2O2. The monoisotopic (exact) mass is 358 g/mol. The van der Waals surface area contributed by atoms with Gasteiger partial charge in [-0.15, -0.1) is 0 Å². The molecule has 1 amide bonds. The Balaban J connectivity index is 0.00000400. The number of rotatable bonds is 9. The van der Waals surface area contributed by atoms with Crippen LogP contribution in [0.5, 0.6) is 0 Å². The van der Waals surface area contributed by atoms with Gasteiger partial charge < -0.3 is 27.0 Å². The number of nitrogens with zero attached hydrogens (tertiary/aromatic N) is 2. The van der Waals surface area contributed by atoms with E-state index in [1.165, 1.54) is 19.3 Å². The van der Waals surface area contributed by atoms with E-state index in [1.54, 1.807) is 19.0 Å². The van der Waals surface area contributed by atoms with Crippen molar-refractivity contribution in [1.29, 1.82) is 0 Å². The van der Waals surface area contributed by atoms with Gasteiger partial charge in [0.1, 0.15) is 12.1 Å². The maximum Gasteiger partial charge on any atom is 0.259 e. The summed E-state index contributed by atoms with van der Waals surface area (Å²) in [6.07, 6.45) is 10.7. The minimum atomic E-state index is 0. The smallest absolute Gasteiger partial charge is 0.259 e. The number of pyridine rings is 1. The second-order valence-electron chi connectivity index (χ2n) is 5.37. The number of aliphatic hydroxyl groups is 1. The van der Waals surface area contributed by atoms with Crippen molar-refractivity contribution in [1.82, 2.24) is 4.90 Å². The third kappa shape index (κ3) is 8.17. The Morgan fingerprint density at radius 3 is 2.38 bits per heavy atom. The van der Waals surface area contributed by atoms with Crippen molar-refractivity contribution in [2.45, 2.75) is 45.1 Å². The molecule has 0 spiro atoms. The number of aliphatic hydroxyl groups excluding tert-OH is 1. The number of carbonyl (C=O) groups excluding carboxylic acids is 1. The summed E-state index contributed by atoms with van der Waals surface area (Å²) in [5.41, 5.74) is 0.737. The average molecular weight is 359 g/mol. The highest BCUT2D eigenvalue weighted by Crippen LogP contribution is 2.05. The number of carbonyl (C=O) groups is 1. The molecule has 1 aromatic rings. The van der Waals surface area contributed by atoms with Gasteiger partial charge in [0.05, 0.1) is 0 Å². The van der Waals surface area contributed by atoms with Crippen molar-refractivity contribution in [3.05, 3.63) is 30.1 Å².